The number of benzene rings is 3. The molecule has 1 aliphatic rings. The first-order valence-electron chi connectivity index (χ1n) is 11.4. The second-order valence-electron chi connectivity index (χ2n) is 8.66. The molecule has 5 rings (SSSR count). The fourth-order valence-electron chi connectivity index (χ4n) is 4.30. The third-order valence-corrected chi connectivity index (χ3v) is 6.44. The second kappa shape index (κ2) is 8.95. The summed E-state index contributed by atoms with van der Waals surface area (Å²) >= 11 is 0. The van der Waals surface area contributed by atoms with E-state index < -0.39 is 0 Å². The van der Waals surface area contributed by atoms with E-state index >= 15 is 0 Å². The molecule has 6 heteroatoms. The summed E-state index contributed by atoms with van der Waals surface area (Å²) in [5.74, 6) is 0.843. The number of amides is 1. The Kier molecular flexibility index (Phi) is 5.69. The van der Waals surface area contributed by atoms with Gasteiger partial charge in [0.25, 0.3) is 5.91 Å². The zero-order valence-electron chi connectivity index (χ0n) is 19.3. The van der Waals surface area contributed by atoms with Gasteiger partial charge in [-0.05, 0) is 61.4 Å². The third-order valence-electron chi connectivity index (χ3n) is 6.44. The standard InChI is InChI=1S/C28H25N5O/c1-19-16-24-25(17-20(19)2)31-27(26(30-24)22-6-4-3-5-7-22)32-12-14-33(15-13-32)28(34)23-10-8-21(18-29)9-11-23/h3-11,16-17H,12-15H2,1-2H3. The van der Waals surface area contributed by atoms with Crippen molar-refractivity contribution in [2.24, 2.45) is 0 Å². The van der Waals surface area contributed by atoms with Gasteiger partial charge in [-0.1, -0.05) is 30.3 Å². The maximum atomic E-state index is 13.0. The first kappa shape index (κ1) is 21.6. The van der Waals surface area contributed by atoms with Crippen molar-refractivity contribution in [1.82, 2.24) is 14.9 Å². The van der Waals surface area contributed by atoms with E-state index in [-0.39, 0.29) is 5.91 Å². The topological polar surface area (TPSA) is 73.1 Å². The number of aromatic nitrogens is 2. The van der Waals surface area contributed by atoms with Crippen LogP contribution < -0.4 is 4.90 Å². The van der Waals surface area contributed by atoms with Gasteiger partial charge in [0.2, 0.25) is 0 Å². The number of carbonyl (C=O) groups excluding carboxylic acids is 1. The molecule has 3 aromatic carbocycles. The van der Waals surface area contributed by atoms with Gasteiger partial charge in [0.05, 0.1) is 22.7 Å². The summed E-state index contributed by atoms with van der Waals surface area (Å²) < 4.78 is 0. The molecule has 0 atom stereocenters. The van der Waals surface area contributed by atoms with Gasteiger partial charge in [0.15, 0.2) is 5.82 Å². The summed E-state index contributed by atoms with van der Waals surface area (Å²) in [5.41, 5.74) is 7.21. The van der Waals surface area contributed by atoms with Crippen LogP contribution >= 0.6 is 0 Å². The average molecular weight is 448 g/mol. The molecule has 1 amide bonds. The van der Waals surface area contributed by atoms with Crippen molar-refractivity contribution in [3.05, 3.63) is 89.0 Å². The molecule has 6 nitrogen and oxygen atoms in total. The molecule has 34 heavy (non-hydrogen) atoms. The Hall–Kier alpha value is -4.24. The molecule has 0 bridgehead atoms. The van der Waals surface area contributed by atoms with Gasteiger partial charge < -0.3 is 9.80 Å². The maximum absolute atomic E-state index is 13.0. The minimum absolute atomic E-state index is 0.0110. The van der Waals surface area contributed by atoms with Crippen LogP contribution in [0.15, 0.2) is 66.7 Å². The molecule has 4 aromatic rings. The molecule has 1 aromatic heterocycles. The second-order valence-corrected chi connectivity index (χ2v) is 8.66. The lowest BCUT2D eigenvalue weighted by Crippen LogP contribution is -2.49. The Labute approximate surface area is 199 Å². The summed E-state index contributed by atoms with van der Waals surface area (Å²) in [6.45, 7) is 6.73. The molecular weight excluding hydrogens is 422 g/mol. The largest absolute Gasteiger partial charge is 0.351 e. The highest BCUT2D eigenvalue weighted by atomic mass is 16.2. The van der Waals surface area contributed by atoms with E-state index in [9.17, 15) is 4.79 Å². The van der Waals surface area contributed by atoms with Crippen LogP contribution in [0, 0.1) is 25.2 Å². The summed E-state index contributed by atoms with van der Waals surface area (Å²) in [4.78, 5) is 27.1. The quantitative estimate of drug-likeness (QED) is 0.453. The SMILES string of the molecule is Cc1cc2nc(-c3ccccc3)c(N3CCN(C(=O)c4ccc(C#N)cc4)CC3)nc2cc1C. The summed E-state index contributed by atoms with van der Waals surface area (Å²) in [6.07, 6.45) is 0. The number of anilines is 1. The molecule has 0 N–H and O–H groups in total. The molecule has 0 unspecified atom stereocenters. The van der Waals surface area contributed by atoms with Crippen LogP contribution in [0.4, 0.5) is 5.82 Å². The average Bonchev–Trinajstić information content (AvgIpc) is 2.89. The highest BCUT2D eigenvalue weighted by molar-refractivity contribution is 5.94. The van der Waals surface area contributed by atoms with Crippen LogP contribution in [0.1, 0.15) is 27.0 Å². The van der Waals surface area contributed by atoms with Crippen molar-refractivity contribution in [1.29, 1.82) is 5.26 Å². The maximum Gasteiger partial charge on any atom is 0.253 e. The van der Waals surface area contributed by atoms with Gasteiger partial charge in [-0.25, -0.2) is 9.97 Å². The summed E-state index contributed by atoms with van der Waals surface area (Å²) in [7, 11) is 0. The number of nitriles is 1. The van der Waals surface area contributed by atoms with Crippen molar-refractivity contribution in [3.63, 3.8) is 0 Å². The highest BCUT2D eigenvalue weighted by Gasteiger charge is 2.25. The van der Waals surface area contributed by atoms with Crippen LogP contribution in [0.3, 0.4) is 0 Å². The molecular formula is C28H25N5O. The minimum atomic E-state index is -0.0110. The lowest BCUT2D eigenvalue weighted by molar-refractivity contribution is 0.0746. The van der Waals surface area contributed by atoms with E-state index in [1.54, 1.807) is 24.3 Å². The fraction of sp³-hybridized carbons (Fsp3) is 0.214. The number of fused-ring (bicyclic) bond motifs is 1. The molecule has 0 spiro atoms. The molecule has 0 radical (unpaired) electrons. The van der Waals surface area contributed by atoms with Gasteiger partial charge >= 0.3 is 0 Å². The first-order chi connectivity index (χ1) is 16.5. The Morgan fingerprint density at radius 2 is 1.47 bits per heavy atom. The van der Waals surface area contributed by atoms with E-state index in [0.717, 1.165) is 28.1 Å². The minimum Gasteiger partial charge on any atom is -0.351 e. The van der Waals surface area contributed by atoms with Crippen molar-refractivity contribution in [2.75, 3.05) is 31.1 Å². The lowest BCUT2D eigenvalue weighted by Gasteiger charge is -2.36. The third kappa shape index (κ3) is 4.08. The molecule has 1 fully saturated rings. The number of aryl methyl sites for hydroxylation is 2. The summed E-state index contributed by atoms with van der Waals surface area (Å²) in [6, 6.07) is 23.2. The molecule has 2 heterocycles. The molecule has 1 aliphatic heterocycles. The lowest BCUT2D eigenvalue weighted by atomic mass is 10.1. The number of nitrogens with zero attached hydrogens (tertiary/aromatic N) is 5. The van der Waals surface area contributed by atoms with Crippen LogP contribution in [-0.4, -0.2) is 47.0 Å². The van der Waals surface area contributed by atoms with Gasteiger partial charge in [0.1, 0.15) is 5.69 Å². The van der Waals surface area contributed by atoms with Gasteiger partial charge in [-0.15, -0.1) is 0 Å². The van der Waals surface area contributed by atoms with Crippen molar-refractivity contribution < 1.29 is 4.79 Å². The van der Waals surface area contributed by atoms with Crippen LogP contribution in [0.5, 0.6) is 0 Å². The van der Waals surface area contributed by atoms with Crippen molar-refractivity contribution in [2.45, 2.75) is 13.8 Å². The Balaban J connectivity index is 1.44. The van der Waals surface area contributed by atoms with Gasteiger partial charge in [0, 0.05) is 37.3 Å². The Bertz CT molecular complexity index is 1400. The summed E-state index contributed by atoms with van der Waals surface area (Å²) in [5, 5.41) is 8.99. The zero-order chi connectivity index (χ0) is 23.7. The van der Waals surface area contributed by atoms with E-state index in [2.05, 4.69) is 49.1 Å². The predicted molar refractivity (Wildman–Crippen MR) is 134 cm³/mol. The fourth-order valence-corrected chi connectivity index (χ4v) is 4.30. The van der Waals surface area contributed by atoms with Crippen LogP contribution in [0.25, 0.3) is 22.3 Å². The Morgan fingerprint density at radius 3 is 2.09 bits per heavy atom. The highest BCUT2D eigenvalue weighted by Crippen LogP contribution is 2.31. The first-order valence-corrected chi connectivity index (χ1v) is 11.4. The normalized spacial score (nSPS) is 13.7. The number of rotatable bonds is 3. The number of carbonyl (C=O) groups is 1. The number of hydrogen-bond acceptors (Lipinski definition) is 5. The monoisotopic (exact) mass is 447 g/mol. The van der Waals surface area contributed by atoms with Crippen molar-refractivity contribution >= 4 is 22.8 Å². The molecule has 0 saturated carbocycles. The van der Waals surface area contributed by atoms with Crippen molar-refractivity contribution in [3.8, 4) is 17.3 Å². The molecule has 1 saturated heterocycles. The van der Waals surface area contributed by atoms with Gasteiger partial charge in [-0.3, -0.25) is 4.79 Å². The van der Waals surface area contributed by atoms with E-state index in [1.165, 1.54) is 11.1 Å². The van der Waals surface area contributed by atoms with Crippen LogP contribution in [-0.2, 0) is 0 Å². The zero-order valence-corrected chi connectivity index (χ0v) is 19.3. The molecule has 168 valence electrons. The van der Waals surface area contributed by atoms with Crippen LogP contribution in [0.2, 0.25) is 0 Å². The Morgan fingerprint density at radius 1 is 0.853 bits per heavy atom. The molecule has 0 aliphatic carbocycles. The number of piperazine rings is 1. The van der Waals surface area contributed by atoms with E-state index in [4.69, 9.17) is 15.2 Å². The predicted octanol–water partition coefficient (Wildman–Crippen LogP) is 4.75. The van der Waals surface area contributed by atoms with E-state index in [1.807, 2.05) is 23.1 Å². The van der Waals surface area contributed by atoms with E-state index in [0.29, 0.717) is 37.3 Å². The van der Waals surface area contributed by atoms with Gasteiger partial charge in [-0.2, -0.15) is 5.26 Å². The number of hydrogen-bond donors (Lipinski definition) is 0. The smallest absolute Gasteiger partial charge is 0.253 e.